The van der Waals surface area contributed by atoms with Gasteiger partial charge in [-0.2, -0.15) is 0 Å². The van der Waals surface area contributed by atoms with Crippen LogP contribution in [0.4, 0.5) is 4.39 Å². The van der Waals surface area contributed by atoms with Crippen molar-refractivity contribution in [1.82, 2.24) is 4.90 Å². The zero-order valence-corrected chi connectivity index (χ0v) is 11.4. The summed E-state index contributed by atoms with van der Waals surface area (Å²) in [6.07, 6.45) is 0.626. The van der Waals surface area contributed by atoms with Gasteiger partial charge in [0.15, 0.2) is 5.60 Å². The second-order valence-corrected chi connectivity index (χ2v) is 5.21. The lowest BCUT2D eigenvalue weighted by atomic mass is 9.92. The minimum atomic E-state index is -1.74. The van der Waals surface area contributed by atoms with Crippen molar-refractivity contribution >= 4 is 23.4 Å². The van der Waals surface area contributed by atoms with E-state index in [-0.39, 0.29) is 23.6 Å². The van der Waals surface area contributed by atoms with E-state index in [1.165, 1.54) is 17.0 Å². The van der Waals surface area contributed by atoms with E-state index >= 15 is 0 Å². The summed E-state index contributed by atoms with van der Waals surface area (Å²) < 4.78 is 13.4. The number of amides is 2. The second kappa shape index (κ2) is 5.38. The summed E-state index contributed by atoms with van der Waals surface area (Å²) in [5, 5.41) is 9.79. The molecule has 7 heteroatoms. The normalized spacial score (nSPS) is 22.6. The summed E-state index contributed by atoms with van der Waals surface area (Å²) >= 11 is 5.76. The number of likely N-dealkylation sites (tertiary alicyclic amines) is 1. The van der Waals surface area contributed by atoms with Gasteiger partial charge in [-0.25, -0.2) is 4.39 Å². The number of hydrogen-bond acceptors (Lipinski definition) is 3. The van der Waals surface area contributed by atoms with Gasteiger partial charge in [0.1, 0.15) is 5.82 Å². The molecule has 1 aromatic rings. The second-order valence-electron chi connectivity index (χ2n) is 4.83. The molecule has 1 heterocycles. The van der Waals surface area contributed by atoms with Crippen LogP contribution in [0, 0.1) is 5.82 Å². The van der Waals surface area contributed by atoms with Crippen molar-refractivity contribution in [2.45, 2.75) is 18.4 Å². The third-order valence-corrected chi connectivity index (χ3v) is 3.78. The molecule has 3 N–H and O–H groups in total. The smallest absolute Gasteiger partial charge is 0.255 e. The van der Waals surface area contributed by atoms with E-state index in [1.54, 1.807) is 0 Å². The largest absolute Gasteiger partial charge is 0.378 e. The topological polar surface area (TPSA) is 83.6 Å². The van der Waals surface area contributed by atoms with Crippen LogP contribution in [0.25, 0.3) is 0 Å². The molecule has 1 aliphatic rings. The number of carbonyl (C=O) groups is 2. The number of β-amino-alcohol motifs (C(OH)–C–C–N with tert-alkyl or cyclic N) is 1. The lowest BCUT2D eigenvalue weighted by Crippen LogP contribution is -2.57. The number of carbonyl (C=O) groups excluding carboxylic acids is 2. The molecule has 0 aromatic heterocycles. The van der Waals surface area contributed by atoms with E-state index in [0.717, 1.165) is 6.07 Å². The highest BCUT2D eigenvalue weighted by atomic mass is 35.5. The summed E-state index contributed by atoms with van der Waals surface area (Å²) in [4.78, 5) is 24.8. The third-order valence-electron chi connectivity index (χ3n) is 3.40. The Morgan fingerprint density at radius 3 is 2.80 bits per heavy atom. The van der Waals surface area contributed by atoms with E-state index in [0.29, 0.717) is 13.0 Å². The maximum atomic E-state index is 13.4. The monoisotopic (exact) mass is 300 g/mol. The quantitative estimate of drug-likeness (QED) is 0.852. The van der Waals surface area contributed by atoms with Crippen molar-refractivity contribution in [1.29, 1.82) is 0 Å². The fourth-order valence-corrected chi connectivity index (χ4v) is 2.46. The average Bonchev–Trinajstić information content (AvgIpc) is 2.41. The molecule has 2 amide bonds. The number of rotatable bonds is 2. The van der Waals surface area contributed by atoms with Crippen molar-refractivity contribution < 1.29 is 19.1 Å². The van der Waals surface area contributed by atoms with Crippen LogP contribution >= 0.6 is 11.6 Å². The van der Waals surface area contributed by atoms with Gasteiger partial charge in [-0.3, -0.25) is 9.59 Å². The van der Waals surface area contributed by atoms with Gasteiger partial charge >= 0.3 is 0 Å². The van der Waals surface area contributed by atoms with Gasteiger partial charge in [-0.05, 0) is 25.0 Å². The van der Waals surface area contributed by atoms with Crippen LogP contribution in [0.3, 0.4) is 0 Å². The van der Waals surface area contributed by atoms with Crippen molar-refractivity contribution in [2.75, 3.05) is 13.1 Å². The zero-order chi connectivity index (χ0) is 14.9. The number of piperidine rings is 1. The first kappa shape index (κ1) is 14.7. The Morgan fingerprint density at radius 1 is 1.45 bits per heavy atom. The molecular weight excluding hydrogens is 287 g/mol. The maximum absolute atomic E-state index is 13.4. The molecule has 0 radical (unpaired) electrons. The molecule has 0 saturated carbocycles. The highest BCUT2D eigenvalue weighted by molar-refractivity contribution is 6.34. The van der Waals surface area contributed by atoms with Gasteiger partial charge in [0.05, 0.1) is 17.1 Å². The average molecular weight is 301 g/mol. The van der Waals surface area contributed by atoms with E-state index in [1.807, 2.05) is 0 Å². The van der Waals surface area contributed by atoms with Crippen LogP contribution in [0.5, 0.6) is 0 Å². The van der Waals surface area contributed by atoms with Crippen molar-refractivity contribution in [2.24, 2.45) is 5.73 Å². The Hall–Kier alpha value is -1.66. The van der Waals surface area contributed by atoms with E-state index < -0.39 is 23.2 Å². The lowest BCUT2D eigenvalue weighted by Gasteiger charge is -2.37. The van der Waals surface area contributed by atoms with E-state index in [4.69, 9.17) is 17.3 Å². The zero-order valence-electron chi connectivity index (χ0n) is 10.6. The molecule has 0 bridgehead atoms. The maximum Gasteiger partial charge on any atom is 0.255 e. The van der Waals surface area contributed by atoms with E-state index in [2.05, 4.69) is 0 Å². The molecule has 0 aliphatic carbocycles. The van der Waals surface area contributed by atoms with Crippen LogP contribution in [0.15, 0.2) is 18.2 Å². The minimum absolute atomic E-state index is 0.000358. The Kier molecular flexibility index (Phi) is 3.96. The Bertz CT molecular complexity index is 567. The fourth-order valence-electron chi connectivity index (χ4n) is 2.25. The van der Waals surface area contributed by atoms with Crippen LogP contribution in [0.1, 0.15) is 23.2 Å². The third kappa shape index (κ3) is 2.62. The van der Waals surface area contributed by atoms with Crippen molar-refractivity contribution in [3.63, 3.8) is 0 Å². The number of aliphatic hydroxyl groups is 1. The Morgan fingerprint density at radius 2 is 2.15 bits per heavy atom. The summed E-state index contributed by atoms with van der Waals surface area (Å²) in [6, 6.07) is 3.92. The predicted octanol–water partition coefficient (Wildman–Crippen LogP) is 0.931. The molecular formula is C13H14ClFN2O3. The first-order valence-electron chi connectivity index (χ1n) is 6.11. The number of halogens is 2. The Balaban J connectivity index is 2.25. The molecule has 0 spiro atoms. The molecule has 1 aliphatic heterocycles. The van der Waals surface area contributed by atoms with Gasteiger partial charge in [-0.1, -0.05) is 17.7 Å². The first-order valence-corrected chi connectivity index (χ1v) is 6.48. The van der Waals surface area contributed by atoms with E-state index in [9.17, 15) is 19.1 Å². The summed E-state index contributed by atoms with van der Waals surface area (Å²) in [6.45, 7) is 0.134. The predicted molar refractivity (Wildman–Crippen MR) is 70.7 cm³/mol. The first-order chi connectivity index (χ1) is 9.35. The van der Waals surface area contributed by atoms with Gasteiger partial charge in [0.25, 0.3) is 11.8 Å². The van der Waals surface area contributed by atoms with Gasteiger partial charge in [0, 0.05) is 6.54 Å². The molecule has 108 valence electrons. The van der Waals surface area contributed by atoms with Crippen LogP contribution in [0.2, 0.25) is 5.02 Å². The summed E-state index contributed by atoms with van der Waals surface area (Å²) in [5.41, 5.74) is 3.40. The van der Waals surface area contributed by atoms with Crippen LogP contribution in [-0.2, 0) is 4.79 Å². The lowest BCUT2D eigenvalue weighted by molar-refractivity contribution is -0.140. The molecule has 2 rings (SSSR count). The van der Waals surface area contributed by atoms with Crippen molar-refractivity contribution in [3.8, 4) is 0 Å². The Labute approximate surface area is 120 Å². The fraction of sp³-hybridized carbons (Fsp3) is 0.385. The molecule has 0 unspecified atom stereocenters. The highest BCUT2D eigenvalue weighted by Gasteiger charge is 2.40. The molecule has 1 aromatic carbocycles. The standard InChI is InChI=1S/C13H14ClFN2O3/c14-10-8(3-1-4-9(10)15)11(18)17-6-2-5-13(20,7-17)12(16)19/h1,3-4,20H,2,5-7H2,(H2,16,19)/t13-/m0/s1. The number of hydrogen-bond donors (Lipinski definition) is 2. The SMILES string of the molecule is NC(=O)[C@]1(O)CCCN(C(=O)c2cccc(F)c2Cl)C1. The van der Waals surface area contributed by atoms with Crippen LogP contribution in [-0.4, -0.2) is 40.5 Å². The summed E-state index contributed by atoms with van der Waals surface area (Å²) in [5.74, 6) is -2.10. The molecule has 1 saturated heterocycles. The number of benzene rings is 1. The number of primary amides is 1. The molecule has 20 heavy (non-hydrogen) atoms. The van der Waals surface area contributed by atoms with Crippen LogP contribution < -0.4 is 5.73 Å². The van der Waals surface area contributed by atoms with Gasteiger partial charge in [0.2, 0.25) is 0 Å². The molecule has 1 atom stereocenters. The van der Waals surface area contributed by atoms with Crippen molar-refractivity contribution in [3.05, 3.63) is 34.6 Å². The minimum Gasteiger partial charge on any atom is -0.378 e. The molecule has 1 fully saturated rings. The highest BCUT2D eigenvalue weighted by Crippen LogP contribution is 2.26. The number of nitrogens with two attached hydrogens (primary N) is 1. The molecule has 5 nitrogen and oxygen atoms in total. The van der Waals surface area contributed by atoms with Gasteiger partial charge in [-0.15, -0.1) is 0 Å². The summed E-state index contributed by atoms with van der Waals surface area (Å²) in [7, 11) is 0. The van der Waals surface area contributed by atoms with Gasteiger partial charge < -0.3 is 15.7 Å². The number of nitrogens with zero attached hydrogens (tertiary/aromatic N) is 1.